The molecule has 4 aromatic rings. The summed E-state index contributed by atoms with van der Waals surface area (Å²) in [5.41, 5.74) is 3.51. The molecule has 6 atom stereocenters. The molecule has 6 rings (SSSR count). The summed E-state index contributed by atoms with van der Waals surface area (Å²) in [6, 6.07) is 27.6. The first kappa shape index (κ1) is 32.0. The predicted molar refractivity (Wildman–Crippen MR) is 179 cm³/mol. The number of ketones is 1. The van der Waals surface area contributed by atoms with Crippen molar-refractivity contribution in [2.75, 3.05) is 0 Å². The Morgan fingerprint density at radius 1 is 0.556 bits per heavy atom. The average Bonchev–Trinajstić information content (AvgIpc) is 3.01. The molecule has 2 unspecified atom stereocenters. The Kier molecular flexibility index (Phi) is 8.76. The van der Waals surface area contributed by atoms with Crippen LogP contribution >= 0.6 is 23.2 Å². The molecule has 0 aliphatic heterocycles. The van der Waals surface area contributed by atoms with Gasteiger partial charge in [-0.2, -0.15) is 0 Å². The van der Waals surface area contributed by atoms with E-state index in [0.29, 0.717) is 10.0 Å². The average molecular weight is 682 g/mol. The van der Waals surface area contributed by atoms with Gasteiger partial charge in [0.2, 0.25) is 0 Å². The molecule has 4 aromatic carbocycles. The van der Waals surface area contributed by atoms with Crippen LogP contribution in [0.1, 0.15) is 53.4 Å². The number of aryl methyl sites for hydroxylation is 2. The topological polar surface area (TPSA) is 85.3 Å². The van der Waals surface area contributed by atoms with Gasteiger partial charge in [0.15, 0.2) is 19.7 Å². The molecule has 0 saturated heterocycles. The number of benzene rings is 4. The van der Waals surface area contributed by atoms with Crippen molar-refractivity contribution in [1.82, 2.24) is 0 Å². The molecule has 2 aliphatic carbocycles. The summed E-state index contributed by atoms with van der Waals surface area (Å²) in [7, 11) is -7.87. The van der Waals surface area contributed by atoms with Gasteiger partial charge < -0.3 is 0 Å². The number of rotatable bonds is 6. The summed E-state index contributed by atoms with van der Waals surface area (Å²) in [4.78, 5) is 14.4. The van der Waals surface area contributed by atoms with Crippen LogP contribution in [0.3, 0.4) is 0 Å². The van der Waals surface area contributed by atoms with E-state index in [1.54, 1.807) is 48.5 Å². The van der Waals surface area contributed by atoms with Gasteiger partial charge in [-0.15, -0.1) is 0 Å². The molecule has 2 aliphatic rings. The zero-order valence-corrected chi connectivity index (χ0v) is 28.1. The van der Waals surface area contributed by atoms with Crippen LogP contribution in [0.25, 0.3) is 0 Å². The number of carbonyl (C=O) groups is 1. The number of sulfone groups is 2. The summed E-state index contributed by atoms with van der Waals surface area (Å²) in [6.07, 6.45) is 0.276. The number of Topliss-reactive ketones (excluding diaryl/α,β-unsaturated/α-hetero) is 1. The maximum absolute atomic E-state index is 14.6. The fraction of sp³-hybridized carbons (Fsp3) is 0.306. The van der Waals surface area contributed by atoms with E-state index in [-0.39, 0.29) is 34.8 Å². The Labute approximate surface area is 275 Å². The Hall–Kier alpha value is -2.97. The molecule has 0 heterocycles. The second kappa shape index (κ2) is 12.3. The van der Waals surface area contributed by atoms with E-state index >= 15 is 0 Å². The minimum Gasteiger partial charge on any atom is -0.299 e. The SMILES string of the molecule is Cc1ccc([C@@H]2CC(=O)[C@@H]3CC(S(=O)(=O)c4ccc(C)cc4)[C@H](c4ccc(Cl)cc4)C[C@@H]3C2S(=O)(=O)c2ccc(Cl)cc2)cc1. The molecule has 0 radical (unpaired) electrons. The zero-order chi connectivity index (χ0) is 32.1. The Bertz CT molecular complexity index is 1920. The zero-order valence-electron chi connectivity index (χ0n) is 24.9. The van der Waals surface area contributed by atoms with Gasteiger partial charge in [0.05, 0.1) is 20.3 Å². The molecule has 0 amide bonds. The van der Waals surface area contributed by atoms with Crippen LogP contribution in [0, 0.1) is 25.7 Å². The molecule has 5 nitrogen and oxygen atoms in total. The fourth-order valence-corrected chi connectivity index (χ4v) is 11.9. The first-order valence-corrected chi connectivity index (χ1v) is 18.9. The van der Waals surface area contributed by atoms with Gasteiger partial charge in [0.25, 0.3) is 0 Å². The van der Waals surface area contributed by atoms with Gasteiger partial charge >= 0.3 is 0 Å². The Morgan fingerprint density at radius 3 is 1.58 bits per heavy atom. The lowest BCUT2D eigenvalue weighted by Gasteiger charge is -2.48. The van der Waals surface area contributed by atoms with Crippen molar-refractivity contribution >= 4 is 48.7 Å². The third-order valence-corrected chi connectivity index (χ3v) is 14.8. The Morgan fingerprint density at radius 2 is 1.00 bits per heavy atom. The molecule has 45 heavy (non-hydrogen) atoms. The van der Waals surface area contributed by atoms with Crippen LogP contribution in [-0.4, -0.2) is 33.1 Å². The van der Waals surface area contributed by atoms with Crippen LogP contribution in [0.4, 0.5) is 0 Å². The standard InChI is InChI=1S/C36H34Cl2O5S2/c1-22-3-7-25(8-4-22)31-20-34(39)32-21-35(44(40,41)28-15-5-23(2)6-16-28)30(24-9-11-26(37)12-10-24)19-33(32)36(31)45(42,43)29-17-13-27(38)14-18-29/h3-18,30-33,35-36H,19-21H2,1-2H3/t30-,31-,32+,33-,35?,36?/m0/s1. The summed E-state index contributed by atoms with van der Waals surface area (Å²) >= 11 is 12.4. The van der Waals surface area contributed by atoms with Crippen molar-refractivity contribution < 1.29 is 21.6 Å². The molecule has 2 saturated carbocycles. The highest BCUT2D eigenvalue weighted by Crippen LogP contribution is 2.54. The molecule has 0 spiro atoms. The molecule has 0 N–H and O–H groups in total. The van der Waals surface area contributed by atoms with Crippen molar-refractivity contribution in [3.8, 4) is 0 Å². The van der Waals surface area contributed by atoms with Crippen LogP contribution in [0.15, 0.2) is 107 Å². The van der Waals surface area contributed by atoms with Crippen LogP contribution in [0.2, 0.25) is 10.0 Å². The van der Waals surface area contributed by atoms with E-state index in [4.69, 9.17) is 23.2 Å². The first-order chi connectivity index (χ1) is 21.4. The van der Waals surface area contributed by atoms with Crippen LogP contribution in [0.5, 0.6) is 0 Å². The van der Waals surface area contributed by atoms with Crippen LogP contribution < -0.4 is 0 Å². The summed E-state index contributed by atoms with van der Waals surface area (Å²) < 4.78 is 57.9. The van der Waals surface area contributed by atoms with E-state index < -0.39 is 53.8 Å². The highest BCUT2D eigenvalue weighted by atomic mass is 35.5. The fourth-order valence-electron chi connectivity index (χ4n) is 7.37. The highest BCUT2D eigenvalue weighted by molar-refractivity contribution is 7.92. The minimum absolute atomic E-state index is 0.0185. The van der Waals surface area contributed by atoms with E-state index in [1.165, 1.54) is 12.1 Å². The van der Waals surface area contributed by atoms with Crippen molar-refractivity contribution in [2.45, 2.75) is 65.2 Å². The number of hydrogen-bond acceptors (Lipinski definition) is 5. The predicted octanol–water partition coefficient (Wildman–Crippen LogP) is 8.16. The lowest BCUT2D eigenvalue weighted by molar-refractivity contribution is -0.128. The number of carbonyl (C=O) groups excluding carboxylic acids is 1. The Balaban J connectivity index is 1.51. The summed E-state index contributed by atoms with van der Waals surface area (Å²) in [5.74, 6) is -2.57. The maximum Gasteiger partial charge on any atom is 0.182 e. The van der Waals surface area contributed by atoms with E-state index in [1.807, 2.05) is 50.2 Å². The molecule has 2 fully saturated rings. The maximum atomic E-state index is 14.6. The lowest BCUT2D eigenvalue weighted by Crippen LogP contribution is -2.53. The lowest BCUT2D eigenvalue weighted by atomic mass is 9.61. The van der Waals surface area contributed by atoms with E-state index in [9.17, 15) is 21.6 Å². The van der Waals surface area contributed by atoms with Crippen LogP contribution in [-0.2, 0) is 24.5 Å². The molecule has 9 heteroatoms. The normalized spacial score (nSPS) is 25.5. The van der Waals surface area contributed by atoms with Gasteiger partial charge in [0.1, 0.15) is 5.78 Å². The second-order valence-electron chi connectivity index (χ2n) is 12.4. The van der Waals surface area contributed by atoms with Crippen molar-refractivity contribution in [3.05, 3.63) is 129 Å². The van der Waals surface area contributed by atoms with Crippen molar-refractivity contribution in [2.24, 2.45) is 11.8 Å². The molecular formula is C36H34Cl2O5S2. The van der Waals surface area contributed by atoms with Crippen molar-refractivity contribution in [1.29, 1.82) is 0 Å². The minimum atomic E-state index is -3.98. The smallest absolute Gasteiger partial charge is 0.182 e. The van der Waals surface area contributed by atoms with Gasteiger partial charge in [-0.05, 0) is 92.3 Å². The van der Waals surface area contributed by atoms with E-state index in [0.717, 1.165) is 22.3 Å². The van der Waals surface area contributed by atoms with Gasteiger partial charge in [-0.3, -0.25) is 4.79 Å². The van der Waals surface area contributed by atoms with Gasteiger partial charge in [-0.1, -0.05) is 82.9 Å². The van der Waals surface area contributed by atoms with Crippen molar-refractivity contribution in [3.63, 3.8) is 0 Å². The molecule has 0 aromatic heterocycles. The number of hydrogen-bond donors (Lipinski definition) is 0. The highest BCUT2D eigenvalue weighted by Gasteiger charge is 2.56. The van der Waals surface area contributed by atoms with Gasteiger partial charge in [0, 0.05) is 34.2 Å². The molecule has 0 bridgehead atoms. The molecular weight excluding hydrogens is 647 g/mol. The third-order valence-electron chi connectivity index (χ3n) is 9.68. The van der Waals surface area contributed by atoms with Gasteiger partial charge in [-0.25, -0.2) is 16.8 Å². The monoisotopic (exact) mass is 680 g/mol. The number of halogens is 2. The quantitative estimate of drug-likeness (QED) is 0.205. The largest absolute Gasteiger partial charge is 0.299 e. The third kappa shape index (κ3) is 6.12. The summed E-state index contributed by atoms with van der Waals surface area (Å²) in [5, 5.41) is -0.922. The second-order valence-corrected chi connectivity index (χ2v) is 17.6. The number of fused-ring (bicyclic) bond motifs is 1. The summed E-state index contributed by atoms with van der Waals surface area (Å²) in [6.45, 7) is 3.85. The molecule has 234 valence electrons. The first-order valence-electron chi connectivity index (χ1n) is 15.0. The van der Waals surface area contributed by atoms with E-state index in [2.05, 4.69) is 0 Å².